The van der Waals surface area contributed by atoms with E-state index in [1.54, 1.807) is 24.3 Å². The Morgan fingerprint density at radius 1 is 1.33 bits per heavy atom. The monoisotopic (exact) mass is 390 g/mol. The van der Waals surface area contributed by atoms with Crippen LogP contribution in [0.2, 0.25) is 0 Å². The van der Waals surface area contributed by atoms with Crippen molar-refractivity contribution in [1.29, 1.82) is 0 Å². The van der Waals surface area contributed by atoms with Gasteiger partial charge in [-0.15, -0.1) is 0 Å². The maximum absolute atomic E-state index is 11.8. The molecule has 126 valence electrons. The van der Waals surface area contributed by atoms with Crippen LogP contribution in [0, 0.1) is 0 Å². The summed E-state index contributed by atoms with van der Waals surface area (Å²) in [5, 5.41) is 13.2. The highest BCUT2D eigenvalue weighted by Gasteiger charge is 2.10. The fraction of sp³-hybridized carbons (Fsp3) is 0.222. The van der Waals surface area contributed by atoms with Crippen LogP contribution in [0.15, 0.2) is 52.0 Å². The number of benzene rings is 2. The van der Waals surface area contributed by atoms with Crippen molar-refractivity contribution in [3.8, 4) is 11.5 Å². The number of nitrogens with zero attached hydrogens (tertiary/aromatic N) is 1. The molecule has 6 heteroatoms. The molecule has 0 fully saturated rings. The van der Waals surface area contributed by atoms with Gasteiger partial charge in [-0.05, 0) is 47.4 Å². The largest absolute Gasteiger partial charge is 0.508 e. The zero-order chi connectivity index (χ0) is 17.5. The Morgan fingerprint density at radius 3 is 2.83 bits per heavy atom. The Labute approximate surface area is 149 Å². The first kappa shape index (κ1) is 18.0. The first-order valence-corrected chi connectivity index (χ1v) is 8.28. The Bertz CT molecular complexity index is 745. The quantitative estimate of drug-likeness (QED) is 0.581. The van der Waals surface area contributed by atoms with Crippen molar-refractivity contribution >= 4 is 28.1 Å². The zero-order valence-electron chi connectivity index (χ0n) is 13.5. The maximum atomic E-state index is 11.8. The van der Waals surface area contributed by atoms with E-state index in [-0.39, 0.29) is 24.2 Å². The lowest BCUT2D eigenvalue weighted by Gasteiger charge is -2.13. The number of ether oxygens (including phenoxy) is 1. The van der Waals surface area contributed by atoms with Gasteiger partial charge >= 0.3 is 0 Å². The first-order valence-electron chi connectivity index (χ1n) is 7.49. The molecule has 0 bridgehead atoms. The van der Waals surface area contributed by atoms with Gasteiger partial charge in [-0.25, -0.2) is 5.43 Å². The predicted molar refractivity (Wildman–Crippen MR) is 97.6 cm³/mol. The number of hydrogen-bond donors (Lipinski definition) is 2. The molecule has 2 aromatic rings. The summed E-state index contributed by atoms with van der Waals surface area (Å²) < 4.78 is 6.56. The van der Waals surface area contributed by atoms with Crippen molar-refractivity contribution in [1.82, 2.24) is 5.43 Å². The number of hydrazone groups is 1. The molecule has 2 N–H and O–H groups in total. The van der Waals surface area contributed by atoms with E-state index in [9.17, 15) is 9.90 Å². The maximum Gasteiger partial charge on any atom is 0.277 e. The Hall–Kier alpha value is -2.34. The number of rotatable bonds is 6. The molecule has 0 aliphatic heterocycles. The summed E-state index contributed by atoms with van der Waals surface area (Å²) >= 11 is 3.43. The number of aromatic hydroxyl groups is 1. The van der Waals surface area contributed by atoms with Gasteiger partial charge in [0.15, 0.2) is 6.61 Å². The molecule has 24 heavy (non-hydrogen) atoms. The highest BCUT2D eigenvalue weighted by atomic mass is 79.9. The van der Waals surface area contributed by atoms with E-state index in [0.29, 0.717) is 11.3 Å². The molecule has 2 aromatic carbocycles. The lowest BCUT2D eigenvalue weighted by Crippen LogP contribution is -2.24. The first-order chi connectivity index (χ1) is 11.5. The van der Waals surface area contributed by atoms with E-state index < -0.39 is 0 Å². The van der Waals surface area contributed by atoms with Crippen molar-refractivity contribution < 1.29 is 14.6 Å². The van der Waals surface area contributed by atoms with Crippen LogP contribution in [-0.4, -0.2) is 23.8 Å². The van der Waals surface area contributed by atoms with Gasteiger partial charge < -0.3 is 9.84 Å². The summed E-state index contributed by atoms with van der Waals surface area (Å²) in [7, 11) is 0. The van der Waals surface area contributed by atoms with Crippen LogP contribution in [0.4, 0.5) is 0 Å². The average Bonchev–Trinajstić information content (AvgIpc) is 2.53. The van der Waals surface area contributed by atoms with E-state index in [1.807, 2.05) is 18.2 Å². The van der Waals surface area contributed by atoms with Crippen LogP contribution in [0.25, 0.3) is 0 Å². The number of nitrogens with one attached hydrogen (secondary N) is 1. The Kier molecular flexibility index (Phi) is 6.37. The summed E-state index contributed by atoms with van der Waals surface area (Å²) in [6.07, 6.45) is 1.46. The molecule has 1 amide bonds. The third kappa shape index (κ3) is 5.38. The number of amides is 1. The third-order valence-corrected chi connectivity index (χ3v) is 3.72. The van der Waals surface area contributed by atoms with E-state index in [4.69, 9.17) is 4.74 Å². The summed E-state index contributed by atoms with van der Waals surface area (Å²) in [4.78, 5) is 11.8. The van der Waals surface area contributed by atoms with E-state index >= 15 is 0 Å². The molecule has 0 atom stereocenters. The average molecular weight is 391 g/mol. The number of phenols is 1. The molecule has 0 saturated carbocycles. The molecule has 0 spiro atoms. The normalized spacial score (nSPS) is 11.0. The van der Waals surface area contributed by atoms with Gasteiger partial charge in [0.1, 0.15) is 11.5 Å². The van der Waals surface area contributed by atoms with Crippen molar-refractivity contribution in [2.75, 3.05) is 6.61 Å². The Balaban J connectivity index is 1.90. The van der Waals surface area contributed by atoms with Crippen LogP contribution < -0.4 is 10.2 Å². The van der Waals surface area contributed by atoms with Gasteiger partial charge in [0.25, 0.3) is 5.91 Å². The molecule has 0 heterocycles. The minimum absolute atomic E-state index is 0.126. The summed E-state index contributed by atoms with van der Waals surface area (Å²) in [6, 6.07) is 12.3. The number of hydrogen-bond acceptors (Lipinski definition) is 4. The summed E-state index contributed by atoms with van der Waals surface area (Å²) in [5.74, 6) is 0.749. The number of carbonyl (C=O) groups is 1. The van der Waals surface area contributed by atoms with E-state index in [0.717, 1.165) is 10.0 Å². The lowest BCUT2D eigenvalue weighted by molar-refractivity contribution is -0.123. The number of carbonyl (C=O) groups excluding carboxylic acids is 1. The molecular weight excluding hydrogens is 372 g/mol. The molecule has 0 saturated heterocycles. The number of halogens is 1. The lowest BCUT2D eigenvalue weighted by atomic mass is 10.0. The fourth-order valence-corrected chi connectivity index (χ4v) is 2.44. The van der Waals surface area contributed by atoms with Gasteiger partial charge in [-0.1, -0.05) is 41.9 Å². The van der Waals surface area contributed by atoms with Gasteiger partial charge in [-0.2, -0.15) is 5.10 Å². The van der Waals surface area contributed by atoms with Gasteiger partial charge in [0, 0.05) is 4.47 Å². The van der Waals surface area contributed by atoms with Gasteiger partial charge in [0.2, 0.25) is 0 Å². The summed E-state index contributed by atoms with van der Waals surface area (Å²) in [5.41, 5.74) is 4.11. The van der Waals surface area contributed by atoms with Crippen LogP contribution >= 0.6 is 15.9 Å². The van der Waals surface area contributed by atoms with Crippen molar-refractivity contribution in [3.63, 3.8) is 0 Å². The van der Waals surface area contributed by atoms with Crippen LogP contribution in [0.3, 0.4) is 0 Å². The van der Waals surface area contributed by atoms with Gasteiger partial charge in [0.05, 0.1) is 6.21 Å². The SMILES string of the molecule is CC(C)c1cc(Br)ccc1OCC(=O)N/N=C/c1cccc(O)c1. The molecule has 0 aliphatic rings. The fourth-order valence-electron chi connectivity index (χ4n) is 2.06. The molecule has 5 nitrogen and oxygen atoms in total. The molecule has 0 unspecified atom stereocenters. The third-order valence-electron chi connectivity index (χ3n) is 3.23. The zero-order valence-corrected chi connectivity index (χ0v) is 15.1. The molecule has 0 aliphatic carbocycles. The smallest absolute Gasteiger partial charge is 0.277 e. The standard InChI is InChI=1S/C18H19BrN2O3/c1-12(2)16-9-14(19)6-7-17(16)24-11-18(23)21-20-10-13-4-3-5-15(22)8-13/h3-10,12,22H,11H2,1-2H3,(H,21,23)/b20-10+. The number of phenolic OH excluding ortho intramolecular Hbond substituents is 1. The second-order valence-corrected chi connectivity index (χ2v) is 6.43. The molecule has 0 radical (unpaired) electrons. The highest BCUT2D eigenvalue weighted by molar-refractivity contribution is 9.10. The molecular formula is C18H19BrN2O3. The van der Waals surface area contributed by atoms with Crippen LogP contribution in [-0.2, 0) is 4.79 Å². The molecule has 0 aromatic heterocycles. The predicted octanol–water partition coefficient (Wildman–Crippen LogP) is 3.81. The van der Waals surface area contributed by atoms with Gasteiger partial charge in [-0.3, -0.25) is 4.79 Å². The molecule has 2 rings (SSSR count). The summed E-state index contributed by atoms with van der Waals surface area (Å²) in [6.45, 7) is 4.00. The second-order valence-electron chi connectivity index (χ2n) is 5.51. The van der Waals surface area contributed by atoms with E-state index in [2.05, 4.69) is 40.3 Å². The van der Waals surface area contributed by atoms with Crippen LogP contribution in [0.1, 0.15) is 30.9 Å². The second kappa shape index (κ2) is 8.49. The topological polar surface area (TPSA) is 70.9 Å². The highest BCUT2D eigenvalue weighted by Crippen LogP contribution is 2.29. The Morgan fingerprint density at radius 2 is 2.12 bits per heavy atom. The minimum Gasteiger partial charge on any atom is -0.508 e. The van der Waals surface area contributed by atoms with Crippen molar-refractivity contribution in [3.05, 3.63) is 58.1 Å². The van der Waals surface area contributed by atoms with Crippen molar-refractivity contribution in [2.24, 2.45) is 5.10 Å². The minimum atomic E-state index is -0.357. The van der Waals surface area contributed by atoms with E-state index in [1.165, 1.54) is 6.21 Å². The van der Waals surface area contributed by atoms with Crippen molar-refractivity contribution in [2.45, 2.75) is 19.8 Å². The van der Waals surface area contributed by atoms with Crippen LogP contribution in [0.5, 0.6) is 11.5 Å².